The Bertz CT molecular complexity index is 1270. The molecule has 1 aliphatic heterocycles. The average molecular weight is 433 g/mol. The number of rotatable bonds is 3. The number of carbonyl (C=O) groups is 2. The molecule has 0 unspecified atom stereocenters. The molecule has 2 amide bonds. The molecule has 1 aliphatic rings. The van der Waals surface area contributed by atoms with Crippen LogP contribution in [0.1, 0.15) is 11.4 Å². The summed E-state index contributed by atoms with van der Waals surface area (Å²) in [6.07, 6.45) is -0.771. The van der Waals surface area contributed by atoms with Crippen molar-refractivity contribution in [2.75, 3.05) is 5.01 Å². The number of para-hydroxylation sites is 2. The lowest BCUT2D eigenvalue weighted by Gasteiger charge is -2.37. The summed E-state index contributed by atoms with van der Waals surface area (Å²) in [5.74, 6) is 0.535. The van der Waals surface area contributed by atoms with Crippen LogP contribution in [0.2, 0.25) is 5.02 Å². The molecule has 0 fully saturated rings. The van der Waals surface area contributed by atoms with Crippen molar-refractivity contribution in [3.05, 3.63) is 95.3 Å². The van der Waals surface area contributed by atoms with Crippen molar-refractivity contribution in [2.45, 2.75) is 13.2 Å². The number of imidazole rings is 1. The van der Waals surface area contributed by atoms with E-state index < -0.39 is 12.1 Å². The SMILES string of the molecule is O=C(OCc1ccccc1)N1C(=O)n2c(nc3ccccc32)CN1c1ccc(Cl)cc1. The van der Waals surface area contributed by atoms with Crippen LogP contribution in [-0.2, 0) is 17.9 Å². The Hall–Kier alpha value is -3.84. The summed E-state index contributed by atoms with van der Waals surface area (Å²) in [7, 11) is 0. The molecule has 154 valence electrons. The first-order chi connectivity index (χ1) is 15.1. The highest BCUT2D eigenvalue weighted by molar-refractivity contribution is 6.30. The second-order valence-corrected chi connectivity index (χ2v) is 7.46. The number of fused-ring (bicyclic) bond motifs is 3. The number of hydrogen-bond acceptors (Lipinski definition) is 5. The van der Waals surface area contributed by atoms with E-state index in [9.17, 15) is 9.59 Å². The van der Waals surface area contributed by atoms with Gasteiger partial charge in [0.1, 0.15) is 12.4 Å². The summed E-state index contributed by atoms with van der Waals surface area (Å²) >= 11 is 6.02. The quantitative estimate of drug-likeness (QED) is 0.443. The van der Waals surface area contributed by atoms with Gasteiger partial charge >= 0.3 is 12.1 Å². The van der Waals surface area contributed by atoms with Gasteiger partial charge in [-0.2, -0.15) is 0 Å². The third-order valence-corrected chi connectivity index (χ3v) is 5.29. The van der Waals surface area contributed by atoms with E-state index >= 15 is 0 Å². The molecule has 5 rings (SSSR count). The molecule has 0 aliphatic carbocycles. The Kier molecular flexibility index (Phi) is 4.80. The van der Waals surface area contributed by atoms with Gasteiger partial charge in [0.2, 0.25) is 0 Å². The second kappa shape index (κ2) is 7.77. The fraction of sp³-hybridized carbons (Fsp3) is 0.0870. The molecule has 31 heavy (non-hydrogen) atoms. The zero-order valence-electron chi connectivity index (χ0n) is 16.3. The van der Waals surface area contributed by atoms with Crippen LogP contribution < -0.4 is 5.01 Å². The van der Waals surface area contributed by atoms with E-state index in [4.69, 9.17) is 16.3 Å². The van der Waals surface area contributed by atoms with Gasteiger partial charge in [-0.25, -0.2) is 19.1 Å². The van der Waals surface area contributed by atoms with Gasteiger partial charge in [-0.1, -0.05) is 54.1 Å². The summed E-state index contributed by atoms with van der Waals surface area (Å²) in [6, 6.07) is 23.0. The number of ether oxygens (including phenoxy) is 1. The molecule has 2 heterocycles. The van der Waals surface area contributed by atoms with E-state index in [2.05, 4.69) is 4.98 Å². The Morgan fingerprint density at radius 1 is 0.968 bits per heavy atom. The monoisotopic (exact) mass is 432 g/mol. The van der Waals surface area contributed by atoms with Crippen LogP contribution in [-0.4, -0.2) is 26.7 Å². The zero-order valence-corrected chi connectivity index (χ0v) is 17.1. The average Bonchev–Trinajstić information content (AvgIpc) is 3.17. The van der Waals surface area contributed by atoms with Gasteiger partial charge in [0.15, 0.2) is 0 Å². The van der Waals surface area contributed by atoms with Gasteiger partial charge in [0, 0.05) is 5.02 Å². The highest BCUT2D eigenvalue weighted by atomic mass is 35.5. The minimum absolute atomic E-state index is 0.0510. The van der Waals surface area contributed by atoms with Crippen LogP contribution in [0, 0.1) is 0 Å². The molecule has 0 atom stereocenters. The standard InChI is InChI=1S/C23H17ClN4O3/c24-17-10-12-18(13-11-17)26-14-21-25-19-8-4-5-9-20(19)27(21)22(29)28(26)23(30)31-15-16-6-2-1-3-7-16/h1-13H,14-15H2. The fourth-order valence-electron chi connectivity index (χ4n) is 3.58. The van der Waals surface area contributed by atoms with E-state index in [1.54, 1.807) is 35.3 Å². The molecule has 1 aromatic heterocycles. The fourth-order valence-corrected chi connectivity index (χ4v) is 3.70. The maximum Gasteiger partial charge on any atom is 0.438 e. The van der Waals surface area contributed by atoms with Crippen LogP contribution in [0.4, 0.5) is 15.3 Å². The topological polar surface area (TPSA) is 67.7 Å². The Morgan fingerprint density at radius 3 is 2.45 bits per heavy atom. The van der Waals surface area contributed by atoms with Crippen molar-refractivity contribution in [3.63, 3.8) is 0 Å². The number of imide groups is 1. The largest absolute Gasteiger partial charge is 0.443 e. The number of hydrazine groups is 1. The molecule has 0 spiro atoms. The van der Waals surface area contributed by atoms with E-state index in [1.165, 1.54) is 4.57 Å². The Morgan fingerprint density at radius 2 is 1.68 bits per heavy atom. The third kappa shape index (κ3) is 3.49. The maximum absolute atomic E-state index is 13.5. The molecule has 0 N–H and O–H groups in total. The number of benzene rings is 3. The lowest BCUT2D eigenvalue weighted by atomic mass is 10.2. The van der Waals surface area contributed by atoms with Gasteiger partial charge < -0.3 is 4.74 Å². The van der Waals surface area contributed by atoms with Gasteiger partial charge in [-0.15, -0.1) is 5.01 Å². The number of nitrogens with zero attached hydrogens (tertiary/aromatic N) is 4. The van der Waals surface area contributed by atoms with Gasteiger partial charge in [-0.3, -0.25) is 5.01 Å². The smallest absolute Gasteiger partial charge is 0.438 e. The summed E-state index contributed by atoms with van der Waals surface area (Å²) in [5, 5.41) is 3.11. The number of halogens is 1. The molecule has 8 heteroatoms. The molecule has 7 nitrogen and oxygen atoms in total. The molecular formula is C23H17ClN4O3. The van der Waals surface area contributed by atoms with Crippen molar-refractivity contribution < 1.29 is 14.3 Å². The highest BCUT2D eigenvalue weighted by Crippen LogP contribution is 2.29. The first kappa shape index (κ1) is 19.1. The summed E-state index contributed by atoms with van der Waals surface area (Å²) in [4.78, 5) is 31.1. The minimum atomic E-state index is -0.771. The van der Waals surface area contributed by atoms with E-state index in [1.807, 2.05) is 48.5 Å². The number of hydrogen-bond donors (Lipinski definition) is 0. The van der Waals surface area contributed by atoms with Crippen molar-refractivity contribution in [2.24, 2.45) is 0 Å². The summed E-state index contributed by atoms with van der Waals surface area (Å²) in [6.45, 7) is 0.262. The molecule has 0 bridgehead atoms. The van der Waals surface area contributed by atoms with Crippen LogP contribution in [0.25, 0.3) is 11.0 Å². The molecule has 3 aromatic carbocycles. The lowest BCUT2D eigenvalue weighted by molar-refractivity contribution is 0.0969. The number of carbonyl (C=O) groups excluding carboxylic acids is 2. The predicted molar refractivity (Wildman–Crippen MR) is 117 cm³/mol. The first-order valence-corrected chi connectivity index (χ1v) is 10.0. The minimum Gasteiger partial charge on any atom is -0.443 e. The normalized spacial score (nSPS) is 13.4. The van der Waals surface area contributed by atoms with Crippen molar-refractivity contribution in [1.82, 2.24) is 14.6 Å². The third-order valence-electron chi connectivity index (χ3n) is 5.04. The van der Waals surface area contributed by atoms with Crippen molar-refractivity contribution in [1.29, 1.82) is 0 Å². The lowest BCUT2D eigenvalue weighted by Crippen LogP contribution is -2.55. The zero-order chi connectivity index (χ0) is 21.4. The summed E-state index contributed by atoms with van der Waals surface area (Å²) < 4.78 is 6.93. The first-order valence-electron chi connectivity index (χ1n) is 9.66. The number of amides is 2. The van der Waals surface area contributed by atoms with Crippen LogP contribution in [0.5, 0.6) is 0 Å². The number of aromatic nitrogens is 2. The van der Waals surface area contributed by atoms with E-state index in [-0.39, 0.29) is 13.2 Å². The van der Waals surface area contributed by atoms with Crippen molar-refractivity contribution in [3.8, 4) is 0 Å². The van der Waals surface area contributed by atoms with Crippen LogP contribution >= 0.6 is 11.6 Å². The second-order valence-electron chi connectivity index (χ2n) is 7.02. The summed E-state index contributed by atoms with van der Waals surface area (Å²) in [5.41, 5.74) is 2.76. The molecule has 4 aromatic rings. The molecule has 0 saturated heterocycles. The Labute approximate surface area is 183 Å². The maximum atomic E-state index is 13.5. The van der Waals surface area contributed by atoms with Crippen molar-refractivity contribution >= 4 is 40.4 Å². The van der Waals surface area contributed by atoms with Gasteiger partial charge in [0.05, 0.1) is 23.3 Å². The Balaban J connectivity index is 1.53. The van der Waals surface area contributed by atoms with Crippen LogP contribution in [0.3, 0.4) is 0 Å². The van der Waals surface area contributed by atoms with Gasteiger partial charge in [-0.05, 0) is 42.0 Å². The van der Waals surface area contributed by atoms with E-state index in [0.29, 0.717) is 27.6 Å². The molecule has 0 radical (unpaired) electrons. The predicted octanol–water partition coefficient (Wildman–Crippen LogP) is 5.23. The molecular weight excluding hydrogens is 416 g/mol. The van der Waals surface area contributed by atoms with Gasteiger partial charge in [0.25, 0.3) is 0 Å². The molecule has 0 saturated carbocycles. The van der Waals surface area contributed by atoms with Crippen LogP contribution in [0.15, 0.2) is 78.9 Å². The van der Waals surface area contributed by atoms with E-state index in [0.717, 1.165) is 10.6 Å². The highest BCUT2D eigenvalue weighted by Gasteiger charge is 2.38. The number of anilines is 1.